The minimum atomic E-state index is -0.391. The van der Waals surface area contributed by atoms with Gasteiger partial charge in [-0.25, -0.2) is 9.97 Å². The van der Waals surface area contributed by atoms with Crippen LogP contribution in [0.3, 0.4) is 0 Å². The van der Waals surface area contributed by atoms with Crippen LogP contribution in [0, 0.1) is 0 Å². The standard InChI is InChI=1S/C18H14Cl2N6O3/c1-28-17-18(29-2)23-14-11(22-17)6-10(19)13(20)15(14)26-12(8-27)24-25-16(26)9-4-3-5-21-7-9/h3-7,27H,8H2,1-2H3. The van der Waals surface area contributed by atoms with Gasteiger partial charge in [-0.3, -0.25) is 9.55 Å². The Morgan fingerprint density at radius 3 is 2.52 bits per heavy atom. The molecule has 0 atom stereocenters. The van der Waals surface area contributed by atoms with E-state index >= 15 is 0 Å². The van der Waals surface area contributed by atoms with Gasteiger partial charge in [0.25, 0.3) is 11.8 Å². The Bertz CT molecular complexity index is 1200. The Labute approximate surface area is 174 Å². The number of aliphatic hydroxyl groups is 1. The van der Waals surface area contributed by atoms with Gasteiger partial charge in [-0.15, -0.1) is 10.2 Å². The molecule has 148 valence electrons. The first-order valence-corrected chi connectivity index (χ1v) is 9.08. The summed E-state index contributed by atoms with van der Waals surface area (Å²) in [5.41, 5.74) is 1.81. The van der Waals surface area contributed by atoms with Gasteiger partial charge in [0.2, 0.25) is 0 Å². The maximum atomic E-state index is 9.86. The highest BCUT2D eigenvalue weighted by Gasteiger charge is 2.24. The number of benzene rings is 1. The van der Waals surface area contributed by atoms with Crippen LogP contribution in [0.15, 0.2) is 30.6 Å². The molecule has 0 bridgehead atoms. The van der Waals surface area contributed by atoms with Crippen molar-refractivity contribution in [2.45, 2.75) is 6.61 Å². The Kier molecular flexibility index (Phi) is 5.18. The minimum Gasteiger partial charge on any atom is -0.477 e. The van der Waals surface area contributed by atoms with E-state index in [9.17, 15) is 5.11 Å². The molecule has 4 aromatic rings. The minimum absolute atomic E-state index is 0.168. The summed E-state index contributed by atoms with van der Waals surface area (Å²) in [6.07, 6.45) is 3.26. The molecule has 0 saturated heterocycles. The van der Waals surface area contributed by atoms with Crippen LogP contribution in [0.5, 0.6) is 11.8 Å². The van der Waals surface area contributed by atoms with Gasteiger partial charge in [-0.1, -0.05) is 23.2 Å². The summed E-state index contributed by atoms with van der Waals surface area (Å²) in [6, 6.07) is 5.15. The number of nitrogens with zero attached hydrogens (tertiary/aromatic N) is 6. The van der Waals surface area contributed by atoms with E-state index in [4.69, 9.17) is 32.7 Å². The van der Waals surface area contributed by atoms with Gasteiger partial charge in [0.05, 0.1) is 35.5 Å². The molecule has 3 aromatic heterocycles. The highest BCUT2D eigenvalue weighted by atomic mass is 35.5. The van der Waals surface area contributed by atoms with Gasteiger partial charge >= 0.3 is 0 Å². The predicted octanol–water partition coefficient (Wildman–Crippen LogP) is 3.09. The van der Waals surface area contributed by atoms with Crippen molar-refractivity contribution in [3.8, 4) is 28.8 Å². The van der Waals surface area contributed by atoms with E-state index in [1.165, 1.54) is 14.2 Å². The highest BCUT2D eigenvalue weighted by molar-refractivity contribution is 6.44. The summed E-state index contributed by atoms with van der Waals surface area (Å²) in [5.74, 6) is 1.01. The first kappa shape index (κ1) is 19.3. The quantitative estimate of drug-likeness (QED) is 0.512. The van der Waals surface area contributed by atoms with E-state index in [2.05, 4.69) is 25.1 Å². The van der Waals surface area contributed by atoms with Crippen molar-refractivity contribution >= 4 is 34.2 Å². The van der Waals surface area contributed by atoms with Crippen molar-refractivity contribution < 1.29 is 14.6 Å². The first-order chi connectivity index (χ1) is 14.1. The topological polar surface area (TPSA) is 108 Å². The lowest BCUT2D eigenvalue weighted by Gasteiger charge is -2.16. The first-order valence-electron chi connectivity index (χ1n) is 8.32. The number of hydrogen-bond donors (Lipinski definition) is 1. The van der Waals surface area contributed by atoms with Gasteiger partial charge in [-0.2, -0.15) is 0 Å². The van der Waals surface area contributed by atoms with E-state index in [1.54, 1.807) is 29.1 Å². The molecule has 9 nitrogen and oxygen atoms in total. The van der Waals surface area contributed by atoms with Crippen molar-refractivity contribution in [1.82, 2.24) is 29.7 Å². The second-order valence-electron chi connectivity index (χ2n) is 5.81. The molecule has 1 aromatic carbocycles. The summed E-state index contributed by atoms with van der Waals surface area (Å²) in [7, 11) is 2.91. The van der Waals surface area contributed by atoms with Gasteiger partial charge < -0.3 is 14.6 Å². The molecular formula is C18H14Cl2N6O3. The number of aliphatic hydroxyl groups excluding tert-OH is 1. The van der Waals surface area contributed by atoms with E-state index in [0.29, 0.717) is 28.1 Å². The summed E-state index contributed by atoms with van der Waals surface area (Å²) in [6.45, 7) is -0.391. The molecule has 0 fully saturated rings. The van der Waals surface area contributed by atoms with Crippen LogP contribution in [0.25, 0.3) is 28.1 Å². The summed E-state index contributed by atoms with van der Waals surface area (Å²) in [5, 5.41) is 18.6. The average Bonchev–Trinajstić information content (AvgIpc) is 3.18. The highest BCUT2D eigenvalue weighted by Crippen LogP contribution is 2.39. The van der Waals surface area contributed by atoms with Crippen LogP contribution in [0.1, 0.15) is 5.82 Å². The largest absolute Gasteiger partial charge is 0.477 e. The Hall–Kier alpha value is -3.01. The Balaban J connectivity index is 2.12. The zero-order chi connectivity index (χ0) is 20.5. The Morgan fingerprint density at radius 1 is 1.10 bits per heavy atom. The third kappa shape index (κ3) is 3.23. The molecule has 0 aliphatic heterocycles. The summed E-state index contributed by atoms with van der Waals surface area (Å²) >= 11 is 12.9. The lowest BCUT2D eigenvalue weighted by Crippen LogP contribution is -2.07. The van der Waals surface area contributed by atoms with E-state index in [-0.39, 0.29) is 27.6 Å². The van der Waals surface area contributed by atoms with Gasteiger partial charge in [0, 0.05) is 18.0 Å². The fraction of sp³-hybridized carbons (Fsp3) is 0.167. The lowest BCUT2D eigenvalue weighted by molar-refractivity contribution is 0.269. The van der Waals surface area contributed by atoms with Crippen molar-refractivity contribution in [2.75, 3.05) is 14.2 Å². The normalized spacial score (nSPS) is 11.1. The molecule has 0 unspecified atom stereocenters. The Morgan fingerprint density at radius 2 is 1.86 bits per heavy atom. The number of ether oxygens (including phenoxy) is 2. The second-order valence-corrected chi connectivity index (χ2v) is 6.59. The number of methoxy groups -OCH3 is 2. The van der Waals surface area contributed by atoms with E-state index < -0.39 is 6.61 Å². The zero-order valence-electron chi connectivity index (χ0n) is 15.3. The van der Waals surface area contributed by atoms with Crippen molar-refractivity contribution in [3.05, 3.63) is 46.5 Å². The second kappa shape index (κ2) is 7.78. The summed E-state index contributed by atoms with van der Waals surface area (Å²) in [4.78, 5) is 13.0. The van der Waals surface area contributed by atoms with E-state index in [1.807, 2.05) is 6.07 Å². The average molecular weight is 433 g/mol. The predicted molar refractivity (Wildman–Crippen MR) is 107 cm³/mol. The van der Waals surface area contributed by atoms with Gasteiger partial charge in [0.15, 0.2) is 11.6 Å². The number of pyridine rings is 1. The van der Waals surface area contributed by atoms with Crippen molar-refractivity contribution in [3.63, 3.8) is 0 Å². The van der Waals surface area contributed by atoms with Crippen LogP contribution in [-0.2, 0) is 6.61 Å². The molecule has 4 rings (SSSR count). The number of rotatable bonds is 5. The maximum absolute atomic E-state index is 9.86. The van der Waals surface area contributed by atoms with Gasteiger partial charge in [-0.05, 0) is 18.2 Å². The molecule has 0 radical (unpaired) electrons. The molecule has 1 N–H and O–H groups in total. The number of hydrogen-bond acceptors (Lipinski definition) is 8. The molecule has 0 spiro atoms. The van der Waals surface area contributed by atoms with E-state index in [0.717, 1.165) is 0 Å². The molecule has 29 heavy (non-hydrogen) atoms. The van der Waals surface area contributed by atoms with Crippen LogP contribution < -0.4 is 9.47 Å². The van der Waals surface area contributed by atoms with Crippen LogP contribution in [-0.4, -0.2) is 49.0 Å². The fourth-order valence-corrected chi connectivity index (χ4v) is 3.32. The molecule has 11 heteroatoms. The van der Waals surface area contributed by atoms with Crippen molar-refractivity contribution in [2.24, 2.45) is 0 Å². The molecule has 0 aliphatic carbocycles. The number of aromatic nitrogens is 6. The monoisotopic (exact) mass is 432 g/mol. The summed E-state index contributed by atoms with van der Waals surface area (Å²) < 4.78 is 12.1. The third-order valence-corrected chi connectivity index (χ3v) is 4.95. The molecule has 0 aliphatic rings. The van der Waals surface area contributed by atoms with Crippen LogP contribution >= 0.6 is 23.2 Å². The third-order valence-electron chi connectivity index (χ3n) is 4.17. The smallest absolute Gasteiger partial charge is 0.278 e. The fourth-order valence-electron chi connectivity index (χ4n) is 2.90. The number of fused-ring (bicyclic) bond motifs is 1. The molecular weight excluding hydrogens is 419 g/mol. The zero-order valence-corrected chi connectivity index (χ0v) is 16.8. The SMILES string of the molecule is COc1nc2cc(Cl)c(Cl)c(-n3c(CO)nnc3-c3cccnc3)c2nc1OC. The molecule has 0 saturated carbocycles. The number of halogens is 2. The lowest BCUT2D eigenvalue weighted by atomic mass is 10.2. The van der Waals surface area contributed by atoms with Crippen molar-refractivity contribution in [1.29, 1.82) is 0 Å². The molecule has 3 heterocycles. The van der Waals surface area contributed by atoms with Gasteiger partial charge in [0.1, 0.15) is 12.1 Å². The van der Waals surface area contributed by atoms with Crippen LogP contribution in [0.2, 0.25) is 10.0 Å². The maximum Gasteiger partial charge on any atom is 0.278 e. The molecule has 0 amide bonds. The van der Waals surface area contributed by atoms with Crippen LogP contribution in [0.4, 0.5) is 0 Å².